The van der Waals surface area contributed by atoms with Crippen molar-refractivity contribution >= 4 is 10.0 Å². The van der Waals surface area contributed by atoms with Crippen molar-refractivity contribution in [3.05, 3.63) is 64.2 Å². The van der Waals surface area contributed by atoms with Crippen LogP contribution in [0.1, 0.15) is 33.9 Å². The average molecular weight is 331 g/mol. The Bertz CT molecular complexity index is 835. The zero-order chi connectivity index (χ0) is 16.8. The molecule has 1 aliphatic rings. The minimum Gasteiger partial charge on any atom is -0.391 e. The third-order valence-electron chi connectivity index (χ3n) is 4.36. The summed E-state index contributed by atoms with van der Waals surface area (Å²) in [5.41, 5.74) is 4.31. The van der Waals surface area contributed by atoms with Crippen LogP contribution >= 0.6 is 0 Å². The van der Waals surface area contributed by atoms with E-state index in [4.69, 9.17) is 0 Å². The third kappa shape index (κ3) is 2.92. The van der Waals surface area contributed by atoms with Crippen LogP contribution in [0.3, 0.4) is 0 Å². The van der Waals surface area contributed by atoms with Crippen LogP contribution < -0.4 is 4.72 Å². The van der Waals surface area contributed by atoms with Gasteiger partial charge in [0.15, 0.2) is 0 Å². The number of nitrogens with one attached hydrogen (secondary N) is 1. The first-order valence-electron chi connectivity index (χ1n) is 7.65. The van der Waals surface area contributed by atoms with Crippen LogP contribution in [-0.2, 0) is 16.4 Å². The van der Waals surface area contributed by atoms with E-state index in [-0.39, 0.29) is 0 Å². The first kappa shape index (κ1) is 16.2. The van der Waals surface area contributed by atoms with Crippen LogP contribution in [0.25, 0.3) is 0 Å². The third-order valence-corrected chi connectivity index (χ3v) is 6.11. The second-order valence-electron chi connectivity index (χ2n) is 6.30. The fourth-order valence-electron chi connectivity index (χ4n) is 3.53. The van der Waals surface area contributed by atoms with Gasteiger partial charge in [-0.15, -0.1) is 0 Å². The number of hydrogen-bond donors (Lipinski definition) is 2. The van der Waals surface area contributed by atoms with Gasteiger partial charge in [-0.2, -0.15) is 0 Å². The summed E-state index contributed by atoms with van der Waals surface area (Å²) < 4.78 is 28.4. The highest BCUT2D eigenvalue weighted by Crippen LogP contribution is 2.33. The molecule has 3 rings (SSSR count). The summed E-state index contributed by atoms with van der Waals surface area (Å²) in [7, 11) is -3.71. The zero-order valence-electron chi connectivity index (χ0n) is 13.5. The second-order valence-corrected chi connectivity index (χ2v) is 7.95. The largest absolute Gasteiger partial charge is 0.391 e. The molecule has 4 nitrogen and oxygen atoms in total. The maximum Gasteiger partial charge on any atom is 0.241 e. The normalized spacial score (nSPS) is 20.5. The molecular formula is C18H21NO3S. The Hall–Kier alpha value is -1.69. The van der Waals surface area contributed by atoms with Crippen molar-refractivity contribution in [1.29, 1.82) is 0 Å². The molecule has 1 unspecified atom stereocenters. The van der Waals surface area contributed by atoms with Crippen LogP contribution in [0.2, 0.25) is 0 Å². The lowest BCUT2D eigenvalue weighted by molar-refractivity contribution is 0.151. The summed E-state index contributed by atoms with van der Waals surface area (Å²) in [6.45, 7) is 5.54. The van der Waals surface area contributed by atoms with E-state index in [2.05, 4.69) is 4.72 Å². The molecule has 0 aliphatic heterocycles. The van der Waals surface area contributed by atoms with Gasteiger partial charge in [0, 0.05) is 6.42 Å². The minimum atomic E-state index is -3.71. The van der Waals surface area contributed by atoms with Crippen molar-refractivity contribution in [2.75, 3.05) is 0 Å². The quantitative estimate of drug-likeness (QED) is 0.908. The Morgan fingerprint density at radius 2 is 1.70 bits per heavy atom. The summed E-state index contributed by atoms with van der Waals surface area (Å²) in [6, 6.07) is 10.7. The van der Waals surface area contributed by atoms with Gasteiger partial charge in [0.1, 0.15) is 0 Å². The van der Waals surface area contributed by atoms with Gasteiger partial charge in [0.05, 0.1) is 17.0 Å². The molecule has 0 bridgehead atoms. The van der Waals surface area contributed by atoms with E-state index in [0.29, 0.717) is 11.3 Å². The minimum absolute atomic E-state index is 0.305. The lowest BCUT2D eigenvalue weighted by Gasteiger charge is -2.20. The number of aryl methyl sites for hydroxylation is 3. The molecule has 2 atom stereocenters. The van der Waals surface area contributed by atoms with Gasteiger partial charge in [0.2, 0.25) is 10.0 Å². The topological polar surface area (TPSA) is 66.4 Å². The Balaban J connectivity index is 2.00. The van der Waals surface area contributed by atoms with E-state index in [9.17, 15) is 13.5 Å². The van der Waals surface area contributed by atoms with E-state index in [1.54, 1.807) is 13.8 Å². The molecular weight excluding hydrogens is 310 g/mol. The van der Waals surface area contributed by atoms with E-state index in [1.165, 1.54) is 0 Å². The first-order chi connectivity index (χ1) is 10.8. The summed E-state index contributed by atoms with van der Waals surface area (Å²) in [5, 5.41) is 10.3. The van der Waals surface area contributed by atoms with Gasteiger partial charge in [-0.3, -0.25) is 0 Å². The number of fused-ring (bicyclic) bond motifs is 1. The average Bonchev–Trinajstić information content (AvgIpc) is 2.73. The number of sulfonamides is 1. The summed E-state index contributed by atoms with van der Waals surface area (Å²) in [4.78, 5) is 0.305. The molecule has 0 amide bonds. The molecule has 0 aromatic heterocycles. The molecule has 23 heavy (non-hydrogen) atoms. The standard InChI is InChI=1S/C18H21NO3S/c1-11-8-12(2)18(13(3)9-11)23(21,22)19-17-15-7-5-4-6-14(15)10-16(17)20/h4-9,16-17,19-20H,10H2,1-3H3/t16-,17?/m0/s1. The van der Waals surface area contributed by atoms with Crippen molar-refractivity contribution in [2.24, 2.45) is 0 Å². The second kappa shape index (κ2) is 5.74. The van der Waals surface area contributed by atoms with Crippen LogP contribution in [0.5, 0.6) is 0 Å². The number of benzene rings is 2. The fourth-order valence-corrected chi connectivity index (χ4v) is 5.23. The number of aliphatic hydroxyl groups is 1. The Morgan fingerprint density at radius 3 is 2.35 bits per heavy atom. The molecule has 0 heterocycles. The van der Waals surface area contributed by atoms with Gasteiger partial charge in [0.25, 0.3) is 0 Å². The first-order valence-corrected chi connectivity index (χ1v) is 9.14. The number of rotatable bonds is 3. The van der Waals surface area contributed by atoms with Crippen LogP contribution in [0.15, 0.2) is 41.3 Å². The van der Waals surface area contributed by atoms with Crippen molar-refractivity contribution in [2.45, 2.75) is 44.2 Å². The Morgan fingerprint density at radius 1 is 1.09 bits per heavy atom. The maximum atomic E-state index is 12.9. The highest BCUT2D eigenvalue weighted by Gasteiger charge is 2.35. The SMILES string of the molecule is Cc1cc(C)c(S(=O)(=O)NC2c3ccccc3C[C@@H]2O)c(C)c1. The molecule has 2 aromatic rings. The van der Waals surface area contributed by atoms with Gasteiger partial charge in [-0.05, 0) is 43.0 Å². The lowest BCUT2D eigenvalue weighted by Crippen LogP contribution is -2.34. The predicted molar refractivity (Wildman–Crippen MR) is 89.9 cm³/mol. The van der Waals surface area contributed by atoms with Crippen molar-refractivity contribution < 1.29 is 13.5 Å². The highest BCUT2D eigenvalue weighted by molar-refractivity contribution is 7.89. The molecule has 5 heteroatoms. The van der Waals surface area contributed by atoms with Gasteiger partial charge in [-0.25, -0.2) is 13.1 Å². The summed E-state index contributed by atoms with van der Waals surface area (Å²) in [5.74, 6) is 0. The predicted octanol–water partition coefficient (Wildman–Crippen LogP) is 2.55. The van der Waals surface area contributed by atoms with Crippen LogP contribution in [-0.4, -0.2) is 19.6 Å². The molecule has 0 radical (unpaired) electrons. The molecule has 0 saturated carbocycles. The Kier molecular flexibility index (Phi) is 4.04. The molecule has 2 aromatic carbocycles. The summed E-state index contributed by atoms with van der Waals surface area (Å²) in [6.07, 6.45) is -0.275. The van der Waals surface area contributed by atoms with E-state index < -0.39 is 22.2 Å². The van der Waals surface area contributed by atoms with Gasteiger partial charge < -0.3 is 5.11 Å². The molecule has 0 saturated heterocycles. The molecule has 2 N–H and O–H groups in total. The molecule has 122 valence electrons. The highest BCUT2D eigenvalue weighted by atomic mass is 32.2. The molecule has 0 fully saturated rings. The van der Waals surface area contributed by atoms with Gasteiger partial charge >= 0.3 is 0 Å². The van der Waals surface area contributed by atoms with Crippen molar-refractivity contribution in [3.63, 3.8) is 0 Å². The van der Waals surface area contributed by atoms with Crippen molar-refractivity contribution in [1.82, 2.24) is 4.72 Å². The smallest absolute Gasteiger partial charge is 0.241 e. The number of hydrogen-bond acceptors (Lipinski definition) is 3. The molecule has 0 spiro atoms. The van der Waals surface area contributed by atoms with E-state index >= 15 is 0 Å². The van der Waals surface area contributed by atoms with E-state index in [0.717, 1.165) is 27.8 Å². The Labute approximate surface area is 137 Å². The maximum absolute atomic E-state index is 12.9. The van der Waals surface area contributed by atoms with Crippen LogP contribution in [0, 0.1) is 20.8 Å². The lowest BCUT2D eigenvalue weighted by atomic mass is 10.1. The number of aliphatic hydroxyl groups excluding tert-OH is 1. The monoisotopic (exact) mass is 331 g/mol. The zero-order valence-corrected chi connectivity index (χ0v) is 14.3. The van der Waals surface area contributed by atoms with E-state index in [1.807, 2.05) is 43.3 Å². The molecule has 1 aliphatic carbocycles. The summed E-state index contributed by atoms with van der Waals surface area (Å²) >= 11 is 0. The van der Waals surface area contributed by atoms with Crippen LogP contribution in [0.4, 0.5) is 0 Å². The van der Waals surface area contributed by atoms with Crippen molar-refractivity contribution in [3.8, 4) is 0 Å². The van der Waals surface area contributed by atoms with Gasteiger partial charge in [-0.1, -0.05) is 42.0 Å². The fraction of sp³-hybridized carbons (Fsp3) is 0.333.